The third-order valence-electron chi connectivity index (χ3n) is 2.91. The van der Waals surface area contributed by atoms with Crippen LogP contribution in [0.1, 0.15) is 18.4 Å². The molecule has 0 saturated carbocycles. The fourth-order valence-electron chi connectivity index (χ4n) is 2.01. The van der Waals surface area contributed by atoms with Crippen LogP contribution in [0.25, 0.3) is 0 Å². The summed E-state index contributed by atoms with van der Waals surface area (Å²) < 4.78 is 0. The minimum Gasteiger partial charge on any atom is -0.315 e. The Hall–Kier alpha value is -0.380. The average Bonchev–Trinajstić information content (AvgIpc) is 2.72. The standard InChI is InChI=1S/C11H18N2S/c1-13(8-10-4-6-14-9-10)11-3-2-5-12-7-11/h4,6,9,11-12H,2-3,5,7-8H2,1H3. The Morgan fingerprint density at radius 2 is 2.57 bits per heavy atom. The number of rotatable bonds is 3. The van der Waals surface area contributed by atoms with E-state index in [4.69, 9.17) is 0 Å². The Morgan fingerprint density at radius 1 is 1.64 bits per heavy atom. The predicted molar refractivity (Wildman–Crippen MR) is 61.7 cm³/mol. The lowest BCUT2D eigenvalue weighted by Crippen LogP contribution is -2.43. The van der Waals surface area contributed by atoms with Crippen LogP contribution in [0.3, 0.4) is 0 Å². The van der Waals surface area contributed by atoms with Crippen LogP contribution in [0.5, 0.6) is 0 Å². The lowest BCUT2D eigenvalue weighted by molar-refractivity contribution is 0.196. The van der Waals surface area contributed by atoms with Crippen LogP contribution < -0.4 is 5.32 Å². The molecular formula is C11H18N2S. The van der Waals surface area contributed by atoms with Crippen molar-refractivity contribution in [3.8, 4) is 0 Å². The van der Waals surface area contributed by atoms with E-state index in [0.717, 1.165) is 19.1 Å². The number of nitrogens with zero attached hydrogens (tertiary/aromatic N) is 1. The van der Waals surface area contributed by atoms with Crippen molar-refractivity contribution < 1.29 is 0 Å². The molecule has 2 nitrogen and oxygen atoms in total. The van der Waals surface area contributed by atoms with E-state index >= 15 is 0 Å². The predicted octanol–water partition coefficient (Wildman–Crippen LogP) is 1.93. The Kier molecular flexibility index (Phi) is 3.56. The number of nitrogens with one attached hydrogen (secondary N) is 1. The first-order valence-corrected chi connectivity index (χ1v) is 6.22. The maximum atomic E-state index is 3.46. The smallest absolute Gasteiger partial charge is 0.0242 e. The van der Waals surface area contributed by atoms with Gasteiger partial charge in [0.05, 0.1) is 0 Å². The molecule has 0 aliphatic carbocycles. The third-order valence-corrected chi connectivity index (χ3v) is 3.64. The molecule has 1 atom stereocenters. The maximum absolute atomic E-state index is 3.46. The second kappa shape index (κ2) is 4.91. The van der Waals surface area contributed by atoms with E-state index in [1.54, 1.807) is 11.3 Å². The van der Waals surface area contributed by atoms with Crippen molar-refractivity contribution in [2.24, 2.45) is 0 Å². The topological polar surface area (TPSA) is 15.3 Å². The van der Waals surface area contributed by atoms with Gasteiger partial charge < -0.3 is 5.32 Å². The zero-order valence-electron chi connectivity index (χ0n) is 8.70. The Bertz CT molecular complexity index is 252. The van der Waals surface area contributed by atoms with Gasteiger partial charge in [0, 0.05) is 19.1 Å². The van der Waals surface area contributed by atoms with E-state index in [0.29, 0.717) is 0 Å². The largest absolute Gasteiger partial charge is 0.315 e. The zero-order chi connectivity index (χ0) is 9.80. The monoisotopic (exact) mass is 210 g/mol. The van der Waals surface area contributed by atoms with Gasteiger partial charge in [0.2, 0.25) is 0 Å². The van der Waals surface area contributed by atoms with Gasteiger partial charge in [-0.2, -0.15) is 11.3 Å². The van der Waals surface area contributed by atoms with Crippen LogP contribution in [0, 0.1) is 0 Å². The minimum atomic E-state index is 0.726. The minimum absolute atomic E-state index is 0.726. The van der Waals surface area contributed by atoms with Crippen molar-refractivity contribution in [3.05, 3.63) is 22.4 Å². The first-order valence-electron chi connectivity index (χ1n) is 5.28. The number of likely N-dealkylation sites (N-methyl/N-ethyl adjacent to an activating group) is 1. The number of hydrogen-bond donors (Lipinski definition) is 1. The van der Waals surface area contributed by atoms with E-state index in [-0.39, 0.29) is 0 Å². The number of hydrogen-bond acceptors (Lipinski definition) is 3. The molecule has 1 saturated heterocycles. The van der Waals surface area contributed by atoms with Crippen molar-refractivity contribution in [1.82, 2.24) is 10.2 Å². The first kappa shape index (κ1) is 10.1. The molecule has 2 rings (SSSR count). The summed E-state index contributed by atoms with van der Waals surface area (Å²) in [5, 5.41) is 7.85. The molecular weight excluding hydrogens is 192 g/mol. The highest BCUT2D eigenvalue weighted by atomic mass is 32.1. The van der Waals surface area contributed by atoms with Crippen molar-refractivity contribution in [1.29, 1.82) is 0 Å². The van der Waals surface area contributed by atoms with Crippen LogP contribution in [0.2, 0.25) is 0 Å². The Labute approximate surface area is 89.9 Å². The number of thiophene rings is 1. The molecule has 1 N–H and O–H groups in total. The summed E-state index contributed by atoms with van der Waals surface area (Å²) in [6.07, 6.45) is 2.66. The summed E-state index contributed by atoms with van der Waals surface area (Å²) >= 11 is 1.79. The molecule has 0 radical (unpaired) electrons. The molecule has 2 heterocycles. The summed E-state index contributed by atoms with van der Waals surface area (Å²) in [5.41, 5.74) is 1.45. The van der Waals surface area contributed by atoms with Gasteiger partial charge in [-0.1, -0.05) is 0 Å². The molecule has 78 valence electrons. The van der Waals surface area contributed by atoms with Crippen LogP contribution in [-0.2, 0) is 6.54 Å². The molecule has 1 aliphatic rings. The normalized spacial score (nSPS) is 22.9. The van der Waals surface area contributed by atoms with Crippen molar-refractivity contribution in [2.45, 2.75) is 25.4 Å². The van der Waals surface area contributed by atoms with Crippen molar-refractivity contribution in [3.63, 3.8) is 0 Å². The van der Waals surface area contributed by atoms with Gasteiger partial charge in [-0.25, -0.2) is 0 Å². The quantitative estimate of drug-likeness (QED) is 0.820. The van der Waals surface area contributed by atoms with E-state index in [2.05, 4.69) is 34.1 Å². The van der Waals surface area contributed by atoms with Crippen LogP contribution in [0.15, 0.2) is 16.8 Å². The Balaban J connectivity index is 1.85. The second-order valence-electron chi connectivity index (χ2n) is 4.05. The van der Waals surface area contributed by atoms with E-state index in [1.165, 1.54) is 24.9 Å². The first-order chi connectivity index (χ1) is 6.86. The third kappa shape index (κ3) is 2.56. The molecule has 1 fully saturated rings. The van der Waals surface area contributed by atoms with Gasteiger partial charge in [0.15, 0.2) is 0 Å². The fraction of sp³-hybridized carbons (Fsp3) is 0.636. The SMILES string of the molecule is CN(Cc1ccsc1)C1CCCNC1. The summed E-state index contributed by atoms with van der Waals surface area (Å²) in [6.45, 7) is 3.44. The molecule has 0 bridgehead atoms. The molecule has 3 heteroatoms. The Morgan fingerprint density at radius 3 is 3.21 bits per heavy atom. The highest BCUT2D eigenvalue weighted by Crippen LogP contribution is 2.14. The molecule has 0 aromatic carbocycles. The molecule has 1 unspecified atom stereocenters. The lowest BCUT2D eigenvalue weighted by atomic mass is 10.1. The molecule has 14 heavy (non-hydrogen) atoms. The van der Waals surface area contributed by atoms with Gasteiger partial charge in [-0.15, -0.1) is 0 Å². The molecule has 0 spiro atoms. The average molecular weight is 210 g/mol. The highest BCUT2D eigenvalue weighted by molar-refractivity contribution is 7.07. The summed E-state index contributed by atoms with van der Waals surface area (Å²) in [4.78, 5) is 2.47. The fourth-order valence-corrected chi connectivity index (χ4v) is 2.67. The molecule has 0 amide bonds. The summed E-state index contributed by atoms with van der Waals surface area (Å²) in [5.74, 6) is 0. The van der Waals surface area contributed by atoms with Crippen LogP contribution in [0.4, 0.5) is 0 Å². The van der Waals surface area contributed by atoms with Gasteiger partial charge >= 0.3 is 0 Å². The van der Waals surface area contributed by atoms with Gasteiger partial charge in [-0.05, 0) is 48.8 Å². The van der Waals surface area contributed by atoms with Crippen molar-refractivity contribution >= 4 is 11.3 Å². The molecule has 1 aromatic heterocycles. The van der Waals surface area contributed by atoms with Gasteiger partial charge in [-0.3, -0.25) is 4.90 Å². The highest BCUT2D eigenvalue weighted by Gasteiger charge is 2.17. The summed E-state index contributed by atoms with van der Waals surface area (Å²) in [7, 11) is 2.23. The molecule has 1 aromatic rings. The van der Waals surface area contributed by atoms with Gasteiger partial charge in [0.25, 0.3) is 0 Å². The van der Waals surface area contributed by atoms with Gasteiger partial charge in [0.1, 0.15) is 0 Å². The van der Waals surface area contributed by atoms with Crippen LogP contribution >= 0.6 is 11.3 Å². The van der Waals surface area contributed by atoms with E-state index < -0.39 is 0 Å². The van der Waals surface area contributed by atoms with Crippen LogP contribution in [-0.4, -0.2) is 31.1 Å². The maximum Gasteiger partial charge on any atom is 0.0242 e. The van der Waals surface area contributed by atoms with E-state index in [1.807, 2.05) is 0 Å². The zero-order valence-corrected chi connectivity index (χ0v) is 9.52. The van der Waals surface area contributed by atoms with Crippen molar-refractivity contribution in [2.75, 3.05) is 20.1 Å². The summed E-state index contributed by atoms with van der Waals surface area (Å²) in [6, 6.07) is 2.95. The van der Waals surface area contributed by atoms with E-state index in [9.17, 15) is 0 Å². The number of piperidine rings is 1. The lowest BCUT2D eigenvalue weighted by Gasteiger charge is -2.31. The molecule has 1 aliphatic heterocycles. The second-order valence-corrected chi connectivity index (χ2v) is 4.83.